The molecule has 2 aliphatic rings. The highest BCUT2D eigenvalue weighted by molar-refractivity contribution is 6.29. The van der Waals surface area contributed by atoms with E-state index >= 15 is 0 Å². The molecule has 0 radical (unpaired) electrons. The summed E-state index contributed by atoms with van der Waals surface area (Å²) in [6, 6.07) is 0. The molecule has 0 aromatic rings. The predicted octanol–water partition coefficient (Wildman–Crippen LogP) is 2.99. The summed E-state index contributed by atoms with van der Waals surface area (Å²) in [5.74, 6) is -0.689. The van der Waals surface area contributed by atoms with Crippen LogP contribution in [-0.4, -0.2) is 17.9 Å². The minimum absolute atomic E-state index is 0.114. The van der Waals surface area contributed by atoms with Gasteiger partial charge in [0, 0.05) is 17.9 Å². The number of halogens is 1. The molecule has 1 saturated carbocycles. The number of fused-ring (bicyclic) bond motifs is 1. The van der Waals surface area contributed by atoms with Crippen LogP contribution < -0.4 is 0 Å². The third-order valence-corrected chi connectivity index (χ3v) is 4.21. The van der Waals surface area contributed by atoms with Crippen LogP contribution in [0.3, 0.4) is 0 Å². The fourth-order valence-corrected chi connectivity index (χ4v) is 3.26. The van der Waals surface area contributed by atoms with Crippen LogP contribution in [0, 0.1) is 11.3 Å². The zero-order valence-electron chi connectivity index (χ0n) is 10.8. The summed E-state index contributed by atoms with van der Waals surface area (Å²) in [7, 11) is 0. The molecule has 0 heterocycles. The summed E-state index contributed by atoms with van der Waals surface area (Å²) in [5, 5.41) is 0.712. The molecule has 18 heavy (non-hydrogen) atoms. The van der Waals surface area contributed by atoms with Gasteiger partial charge in [0.15, 0.2) is 11.9 Å². The predicted molar refractivity (Wildman–Crippen MR) is 69.1 cm³/mol. The van der Waals surface area contributed by atoms with Crippen LogP contribution >= 0.6 is 11.6 Å². The topological polar surface area (TPSA) is 43.4 Å². The normalized spacial score (nSPS) is 37.4. The van der Waals surface area contributed by atoms with E-state index in [-0.39, 0.29) is 17.1 Å². The van der Waals surface area contributed by atoms with Gasteiger partial charge in [-0.1, -0.05) is 24.6 Å². The number of hydrogen-bond acceptors (Lipinski definition) is 3. The van der Waals surface area contributed by atoms with Crippen molar-refractivity contribution >= 4 is 23.4 Å². The van der Waals surface area contributed by atoms with Gasteiger partial charge in [0.2, 0.25) is 0 Å². The third-order valence-electron chi connectivity index (χ3n) is 3.97. The lowest BCUT2D eigenvalue weighted by atomic mass is 9.71. The molecule has 98 valence electrons. The van der Waals surface area contributed by atoms with E-state index in [1.165, 1.54) is 13.0 Å². The first-order valence-electron chi connectivity index (χ1n) is 6.10. The lowest BCUT2D eigenvalue weighted by Gasteiger charge is -2.36. The van der Waals surface area contributed by atoms with Crippen molar-refractivity contribution in [3.8, 4) is 0 Å². The molecule has 0 aliphatic heterocycles. The van der Waals surface area contributed by atoms with Gasteiger partial charge in [-0.15, -0.1) is 0 Å². The maximum atomic E-state index is 12.0. The lowest BCUT2D eigenvalue weighted by Crippen LogP contribution is -2.42. The molecule has 1 fully saturated rings. The fourth-order valence-electron chi connectivity index (χ4n) is 3.05. The quantitative estimate of drug-likeness (QED) is 0.687. The third kappa shape index (κ3) is 2.12. The first-order chi connectivity index (χ1) is 8.35. The molecule has 0 N–H and O–H groups in total. The summed E-state index contributed by atoms with van der Waals surface area (Å²) in [6.45, 7) is 5.25. The number of hydrogen-bond donors (Lipinski definition) is 0. The lowest BCUT2D eigenvalue weighted by molar-refractivity contribution is -0.156. The van der Waals surface area contributed by atoms with Crippen LogP contribution in [0.15, 0.2) is 22.8 Å². The van der Waals surface area contributed by atoms with E-state index in [1.807, 2.05) is 13.0 Å². The highest BCUT2D eigenvalue weighted by Gasteiger charge is 2.50. The Morgan fingerprint density at radius 1 is 1.50 bits per heavy atom. The van der Waals surface area contributed by atoms with Crippen molar-refractivity contribution in [1.29, 1.82) is 0 Å². The molecular formula is C14H17ClO3. The average Bonchev–Trinajstić information content (AvgIpc) is 2.61. The monoisotopic (exact) mass is 268 g/mol. The average molecular weight is 269 g/mol. The largest absolute Gasteiger partial charge is 0.453 e. The molecular weight excluding hydrogens is 252 g/mol. The van der Waals surface area contributed by atoms with Crippen molar-refractivity contribution in [3.05, 3.63) is 22.8 Å². The molecule has 3 atom stereocenters. The van der Waals surface area contributed by atoms with Gasteiger partial charge in [0.25, 0.3) is 0 Å². The van der Waals surface area contributed by atoms with Crippen molar-refractivity contribution in [3.63, 3.8) is 0 Å². The molecule has 3 nitrogen and oxygen atoms in total. The molecule has 0 spiro atoms. The Morgan fingerprint density at radius 3 is 2.72 bits per heavy atom. The van der Waals surface area contributed by atoms with Crippen molar-refractivity contribution < 1.29 is 14.3 Å². The summed E-state index contributed by atoms with van der Waals surface area (Å²) in [4.78, 5) is 23.1. The van der Waals surface area contributed by atoms with E-state index in [2.05, 4.69) is 6.92 Å². The molecule has 2 aliphatic carbocycles. The molecule has 0 saturated heterocycles. The molecule has 0 amide bonds. The first kappa shape index (κ1) is 13.3. The number of ketones is 1. The molecule has 0 unspecified atom stereocenters. The van der Waals surface area contributed by atoms with Crippen LogP contribution in [0.25, 0.3) is 0 Å². The Hall–Kier alpha value is -1.09. The molecule has 0 aromatic heterocycles. The second-order valence-corrected chi connectivity index (χ2v) is 5.87. The smallest absolute Gasteiger partial charge is 0.303 e. The van der Waals surface area contributed by atoms with Gasteiger partial charge in [0.1, 0.15) is 0 Å². The van der Waals surface area contributed by atoms with E-state index in [0.29, 0.717) is 5.03 Å². The van der Waals surface area contributed by atoms with Gasteiger partial charge in [0.05, 0.1) is 0 Å². The maximum Gasteiger partial charge on any atom is 0.303 e. The Labute approximate surface area is 112 Å². The van der Waals surface area contributed by atoms with Crippen LogP contribution in [0.5, 0.6) is 0 Å². The van der Waals surface area contributed by atoms with Gasteiger partial charge in [-0.05, 0) is 36.8 Å². The standard InChI is InChI=1S/C14H17ClO3/c1-8(15)10-4-6-14(3)7-5-11(17)13(12(10)14)18-9(2)16/h5,7,12-13H,4,6H2,1-3H3/b10-8+/t12-,13+,14+/m0/s1. The highest BCUT2D eigenvalue weighted by atomic mass is 35.5. The van der Waals surface area contributed by atoms with E-state index in [1.54, 1.807) is 0 Å². The van der Waals surface area contributed by atoms with E-state index in [0.717, 1.165) is 18.4 Å². The minimum atomic E-state index is -0.719. The van der Waals surface area contributed by atoms with Crippen molar-refractivity contribution in [2.75, 3.05) is 0 Å². The second-order valence-electron chi connectivity index (χ2n) is 5.31. The Balaban J connectivity index is 2.45. The molecule has 0 bridgehead atoms. The summed E-state index contributed by atoms with van der Waals surface area (Å²) < 4.78 is 5.23. The van der Waals surface area contributed by atoms with Crippen LogP contribution in [0.2, 0.25) is 0 Å². The highest BCUT2D eigenvalue weighted by Crippen LogP contribution is 2.53. The fraction of sp³-hybridized carbons (Fsp3) is 0.571. The number of allylic oxidation sites excluding steroid dienone is 2. The zero-order chi connectivity index (χ0) is 13.5. The maximum absolute atomic E-state index is 12.0. The first-order valence-corrected chi connectivity index (χ1v) is 6.48. The number of rotatable bonds is 1. The van der Waals surface area contributed by atoms with Gasteiger partial charge >= 0.3 is 5.97 Å². The van der Waals surface area contributed by atoms with Crippen molar-refractivity contribution in [1.82, 2.24) is 0 Å². The SMILES string of the molecule is CC(=O)O[C@@H]1C(=O)C=C[C@@]2(C)CC/C(=C(/C)Cl)[C@@H]12. The van der Waals surface area contributed by atoms with E-state index < -0.39 is 12.1 Å². The second kappa shape index (κ2) is 4.54. The Bertz CT molecular complexity index is 460. The van der Waals surface area contributed by atoms with Crippen LogP contribution in [0.1, 0.15) is 33.6 Å². The van der Waals surface area contributed by atoms with Gasteiger partial charge < -0.3 is 4.74 Å². The number of carbonyl (C=O) groups excluding carboxylic acids is 2. The summed E-state index contributed by atoms with van der Waals surface area (Å²) in [5.41, 5.74) is 0.905. The van der Waals surface area contributed by atoms with Gasteiger partial charge in [-0.3, -0.25) is 9.59 Å². The van der Waals surface area contributed by atoms with Crippen molar-refractivity contribution in [2.24, 2.45) is 11.3 Å². The zero-order valence-corrected chi connectivity index (χ0v) is 11.6. The molecule has 2 rings (SSSR count). The van der Waals surface area contributed by atoms with E-state index in [9.17, 15) is 9.59 Å². The summed E-state index contributed by atoms with van der Waals surface area (Å²) in [6.07, 6.45) is 4.54. The van der Waals surface area contributed by atoms with Crippen LogP contribution in [0.4, 0.5) is 0 Å². The minimum Gasteiger partial charge on any atom is -0.453 e. The number of esters is 1. The number of carbonyl (C=O) groups is 2. The number of ether oxygens (including phenoxy) is 1. The Morgan fingerprint density at radius 2 is 2.17 bits per heavy atom. The van der Waals surface area contributed by atoms with E-state index in [4.69, 9.17) is 16.3 Å². The van der Waals surface area contributed by atoms with Crippen molar-refractivity contribution in [2.45, 2.75) is 39.7 Å². The molecule has 4 heteroatoms. The van der Waals surface area contributed by atoms with Gasteiger partial charge in [-0.25, -0.2) is 0 Å². The Kier molecular flexibility index (Phi) is 3.37. The van der Waals surface area contributed by atoms with Crippen LogP contribution in [-0.2, 0) is 14.3 Å². The molecule has 0 aromatic carbocycles. The van der Waals surface area contributed by atoms with Gasteiger partial charge in [-0.2, -0.15) is 0 Å². The summed E-state index contributed by atoms with van der Waals surface area (Å²) >= 11 is 6.12.